The first-order valence-electron chi connectivity index (χ1n) is 5.64. The number of nitrogens with one attached hydrogen (secondary N) is 1. The van der Waals surface area contributed by atoms with Gasteiger partial charge in [-0.15, -0.1) is 0 Å². The zero-order chi connectivity index (χ0) is 13.2. The first-order chi connectivity index (χ1) is 8.55. The molecule has 0 atom stereocenters. The van der Waals surface area contributed by atoms with Crippen LogP contribution in [0.15, 0.2) is 41.6 Å². The average Bonchev–Trinajstić information content (AvgIpc) is 2.83. The average molecular weight is 265 g/mol. The summed E-state index contributed by atoms with van der Waals surface area (Å²) in [6.45, 7) is 4.10. The van der Waals surface area contributed by atoms with E-state index >= 15 is 0 Å². The molecule has 1 aromatic carbocycles. The van der Waals surface area contributed by atoms with Crippen LogP contribution in [-0.2, 0) is 10.0 Å². The highest BCUT2D eigenvalue weighted by Crippen LogP contribution is 2.22. The summed E-state index contributed by atoms with van der Waals surface area (Å²) in [5, 5.41) is 6.29. The van der Waals surface area contributed by atoms with Crippen LogP contribution in [0.2, 0.25) is 0 Å². The third-order valence-electron chi connectivity index (χ3n) is 2.62. The number of aromatic amines is 1. The Labute approximate surface area is 107 Å². The highest BCUT2D eigenvalue weighted by Gasteiger charge is 2.24. The smallest absolute Gasteiger partial charge is 0.266 e. The topological polar surface area (TPSA) is 66.1 Å². The van der Waals surface area contributed by atoms with Crippen molar-refractivity contribution in [1.82, 2.24) is 10.2 Å². The SMILES string of the molecule is CCN(c1cccc(C)c1)S(=O)(=O)c1ccn[nH]1. The van der Waals surface area contributed by atoms with Crippen LogP contribution in [0.4, 0.5) is 5.69 Å². The summed E-state index contributed by atoms with van der Waals surface area (Å²) in [5.74, 6) is 0. The predicted octanol–water partition coefficient (Wildman–Crippen LogP) is 1.93. The van der Waals surface area contributed by atoms with Gasteiger partial charge in [-0.05, 0) is 37.6 Å². The summed E-state index contributed by atoms with van der Waals surface area (Å²) in [7, 11) is -3.56. The maximum Gasteiger partial charge on any atom is 0.281 e. The maximum absolute atomic E-state index is 12.4. The monoisotopic (exact) mass is 265 g/mol. The minimum atomic E-state index is -3.56. The van der Waals surface area contributed by atoms with E-state index in [0.717, 1.165) is 5.56 Å². The van der Waals surface area contributed by atoms with E-state index < -0.39 is 10.0 Å². The molecule has 0 unspecified atom stereocenters. The lowest BCUT2D eigenvalue weighted by Crippen LogP contribution is -2.31. The van der Waals surface area contributed by atoms with Crippen LogP contribution in [0.5, 0.6) is 0 Å². The van der Waals surface area contributed by atoms with E-state index in [9.17, 15) is 8.42 Å². The van der Waals surface area contributed by atoms with Crippen LogP contribution in [0.1, 0.15) is 12.5 Å². The number of rotatable bonds is 4. The molecule has 1 heterocycles. The first kappa shape index (κ1) is 12.6. The van der Waals surface area contributed by atoms with Gasteiger partial charge in [0.1, 0.15) is 0 Å². The molecule has 2 aromatic rings. The van der Waals surface area contributed by atoms with Gasteiger partial charge in [0.05, 0.1) is 11.9 Å². The molecular weight excluding hydrogens is 250 g/mol. The summed E-state index contributed by atoms with van der Waals surface area (Å²) in [5.41, 5.74) is 1.68. The van der Waals surface area contributed by atoms with Crippen LogP contribution in [0.3, 0.4) is 0 Å². The normalized spacial score (nSPS) is 11.4. The van der Waals surface area contributed by atoms with Crippen LogP contribution in [0, 0.1) is 6.92 Å². The van der Waals surface area contributed by atoms with Gasteiger partial charge in [-0.25, -0.2) is 0 Å². The number of hydrogen-bond acceptors (Lipinski definition) is 3. The second-order valence-electron chi connectivity index (χ2n) is 3.93. The number of sulfonamides is 1. The number of benzene rings is 1. The highest BCUT2D eigenvalue weighted by atomic mass is 32.2. The summed E-state index contributed by atoms with van der Waals surface area (Å²) < 4.78 is 26.1. The Morgan fingerprint density at radius 3 is 2.67 bits per heavy atom. The second kappa shape index (κ2) is 4.81. The lowest BCUT2D eigenvalue weighted by Gasteiger charge is -2.22. The lowest BCUT2D eigenvalue weighted by molar-refractivity contribution is 0.587. The van der Waals surface area contributed by atoms with Crippen LogP contribution in [-0.4, -0.2) is 25.2 Å². The maximum atomic E-state index is 12.4. The number of aromatic nitrogens is 2. The highest BCUT2D eigenvalue weighted by molar-refractivity contribution is 7.92. The zero-order valence-electron chi connectivity index (χ0n) is 10.3. The molecule has 6 heteroatoms. The molecule has 0 aliphatic heterocycles. The summed E-state index contributed by atoms with van der Waals surface area (Å²) in [6, 6.07) is 8.85. The Bertz CT molecular complexity index is 621. The van der Waals surface area contributed by atoms with E-state index in [1.807, 2.05) is 25.1 Å². The van der Waals surface area contributed by atoms with Crippen molar-refractivity contribution in [2.24, 2.45) is 0 Å². The molecule has 96 valence electrons. The van der Waals surface area contributed by atoms with Gasteiger partial charge in [0, 0.05) is 6.54 Å². The van der Waals surface area contributed by atoms with Crippen molar-refractivity contribution in [3.8, 4) is 0 Å². The number of nitrogens with zero attached hydrogens (tertiary/aromatic N) is 2. The van der Waals surface area contributed by atoms with E-state index in [0.29, 0.717) is 12.2 Å². The lowest BCUT2D eigenvalue weighted by atomic mass is 10.2. The molecule has 0 aliphatic rings. The number of anilines is 1. The molecule has 1 N–H and O–H groups in total. The molecule has 0 bridgehead atoms. The van der Waals surface area contributed by atoms with E-state index in [1.165, 1.54) is 16.6 Å². The van der Waals surface area contributed by atoms with Crippen LogP contribution < -0.4 is 4.31 Å². The van der Waals surface area contributed by atoms with Gasteiger partial charge in [-0.2, -0.15) is 13.5 Å². The Morgan fingerprint density at radius 1 is 1.33 bits per heavy atom. The zero-order valence-corrected chi connectivity index (χ0v) is 11.1. The van der Waals surface area contributed by atoms with Gasteiger partial charge in [0.15, 0.2) is 5.03 Å². The molecule has 5 nitrogen and oxygen atoms in total. The van der Waals surface area contributed by atoms with Gasteiger partial charge in [0.25, 0.3) is 10.0 Å². The van der Waals surface area contributed by atoms with Gasteiger partial charge < -0.3 is 0 Å². The van der Waals surface area contributed by atoms with Crippen molar-refractivity contribution in [1.29, 1.82) is 0 Å². The molecule has 0 amide bonds. The van der Waals surface area contributed by atoms with Crippen molar-refractivity contribution in [2.45, 2.75) is 18.9 Å². The van der Waals surface area contributed by atoms with E-state index in [1.54, 1.807) is 13.0 Å². The third-order valence-corrected chi connectivity index (χ3v) is 4.45. The number of aryl methyl sites for hydroxylation is 1. The molecule has 0 saturated heterocycles. The standard InChI is InChI=1S/C12H15N3O2S/c1-3-15(11-6-4-5-10(2)9-11)18(16,17)12-7-8-13-14-12/h4-9H,3H2,1-2H3,(H,13,14). The molecule has 18 heavy (non-hydrogen) atoms. The van der Waals surface area contributed by atoms with Crippen molar-refractivity contribution >= 4 is 15.7 Å². The Hall–Kier alpha value is -1.82. The summed E-state index contributed by atoms with van der Waals surface area (Å²) in [4.78, 5) is 0. The first-order valence-corrected chi connectivity index (χ1v) is 7.08. The fourth-order valence-electron chi connectivity index (χ4n) is 1.78. The second-order valence-corrected chi connectivity index (χ2v) is 5.76. The van der Waals surface area contributed by atoms with Crippen molar-refractivity contribution < 1.29 is 8.42 Å². The molecule has 0 saturated carbocycles. The molecule has 0 spiro atoms. The summed E-state index contributed by atoms with van der Waals surface area (Å²) in [6.07, 6.45) is 1.43. The van der Waals surface area contributed by atoms with Gasteiger partial charge in [-0.3, -0.25) is 9.40 Å². The molecule has 0 fully saturated rings. The molecule has 0 radical (unpaired) electrons. The van der Waals surface area contributed by atoms with Gasteiger partial charge in [-0.1, -0.05) is 12.1 Å². The summed E-state index contributed by atoms with van der Waals surface area (Å²) >= 11 is 0. The van der Waals surface area contributed by atoms with Crippen molar-refractivity contribution in [2.75, 3.05) is 10.8 Å². The fourth-order valence-corrected chi connectivity index (χ4v) is 3.15. The van der Waals surface area contributed by atoms with Crippen LogP contribution in [0.25, 0.3) is 0 Å². The minimum Gasteiger partial charge on any atom is -0.266 e. The minimum absolute atomic E-state index is 0.103. The number of hydrogen-bond donors (Lipinski definition) is 1. The Morgan fingerprint density at radius 2 is 2.11 bits per heavy atom. The van der Waals surface area contributed by atoms with Crippen LogP contribution >= 0.6 is 0 Å². The third kappa shape index (κ3) is 2.24. The molecule has 0 aliphatic carbocycles. The van der Waals surface area contributed by atoms with Gasteiger partial charge >= 0.3 is 0 Å². The van der Waals surface area contributed by atoms with Crippen molar-refractivity contribution in [3.63, 3.8) is 0 Å². The quantitative estimate of drug-likeness (QED) is 0.918. The predicted molar refractivity (Wildman–Crippen MR) is 70.0 cm³/mol. The molecule has 2 rings (SSSR count). The Balaban J connectivity index is 2.47. The van der Waals surface area contributed by atoms with Gasteiger partial charge in [0.2, 0.25) is 0 Å². The fraction of sp³-hybridized carbons (Fsp3) is 0.250. The van der Waals surface area contributed by atoms with E-state index in [-0.39, 0.29) is 5.03 Å². The molecule has 1 aromatic heterocycles. The molecular formula is C12H15N3O2S. The largest absolute Gasteiger partial charge is 0.281 e. The van der Waals surface area contributed by atoms with E-state index in [4.69, 9.17) is 0 Å². The van der Waals surface area contributed by atoms with Crippen molar-refractivity contribution in [3.05, 3.63) is 42.1 Å². The van der Waals surface area contributed by atoms with E-state index in [2.05, 4.69) is 10.2 Å². The Kier molecular flexibility index (Phi) is 3.38. The number of H-pyrrole nitrogens is 1.